The lowest BCUT2D eigenvalue weighted by Gasteiger charge is -2.31. The van der Waals surface area contributed by atoms with E-state index in [1.165, 1.54) is 6.07 Å². The van der Waals surface area contributed by atoms with Crippen LogP contribution in [-0.2, 0) is 11.3 Å². The van der Waals surface area contributed by atoms with Gasteiger partial charge in [-0.2, -0.15) is 0 Å². The molecule has 0 saturated heterocycles. The third-order valence-corrected chi connectivity index (χ3v) is 4.91. The van der Waals surface area contributed by atoms with E-state index in [1.54, 1.807) is 30.2 Å². The van der Waals surface area contributed by atoms with Gasteiger partial charge in [-0.1, -0.05) is 44.2 Å². The maximum atomic E-state index is 14.1. The molecule has 1 N–H and O–H groups in total. The number of benzene rings is 2. The molecule has 0 bridgehead atoms. The third kappa shape index (κ3) is 5.54. The van der Waals surface area contributed by atoms with E-state index >= 15 is 0 Å². The van der Waals surface area contributed by atoms with E-state index in [-0.39, 0.29) is 43.3 Å². The first-order chi connectivity index (χ1) is 13.0. The van der Waals surface area contributed by atoms with Gasteiger partial charge in [0.25, 0.3) is 0 Å². The molecule has 0 aromatic heterocycles. The van der Waals surface area contributed by atoms with Crippen molar-refractivity contribution in [2.24, 2.45) is 0 Å². The van der Waals surface area contributed by atoms with Crippen LogP contribution in [0.4, 0.5) is 4.39 Å². The highest BCUT2D eigenvalue weighted by Gasteiger charge is 2.25. The molecule has 2 aromatic rings. The Kier molecular flexibility index (Phi) is 7.80. The van der Waals surface area contributed by atoms with Crippen molar-refractivity contribution in [1.82, 2.24) is 4.90 Å². The molecule has 0 fully saturated rings. The first-order valence-corrected chi connectivity index (χ1v) is 9.27. The first kappa shape index (κ1) is 20.9. The number of carbonyl (C=O) groups is 1. The van der Waals surface area contributed by atoms with Crippen molar-refractivity contribution in [3.05, 3.63) is 65.5 Å². The zero-order valence-electron chi connectivity index (χ0n) is 16.2. The van der Waals surface area contributed by atoms with Crippen molar-refractivity contribution in [1.29, 1.82) is 0 Å². The minimum absolute atomic E-state index is 0.00252. The monoisotopic (exact) mass is 373 g/mol. The maximum absolute atomic E-state index is 14.1. The highest BCUT2D eigenvalue weighted by Crippen LogP contribution is 2.24. The molecule has 0 heterocycles. The Labute approximate surface area is 160 Å². The largest absolute Gasteiger partial charge is 0.497 e. The predicted molar refractivity (Wildman–Crippen MR) is 104 cm³/mol. The van der Waals surface area contributed by atoms with E-state index in [0.717, 1.165) is 11.3 Å². The third-order valence-electron chi connectivity index (χ3n) is 4.91. The van der Waals surface area contributed by atoms with Gasteiger partial charge in [-0.05, 0) is 36.1 Å². The summed E-state index contributed by atoms with van der Waals surface area (Å²) in [6.45, 7) is 3.91. The molecule has 0 aliphatic heterocycles. The molecule has 0 saturated carbocycles. The maximum Gasteiger partial charge on any atom is 0.223 e. The summed E-state index contributed by atoms with van der Waals surface area (Å²) in [6, 6.07) is 13.7. The average molecular weight is 373 g/mol. The number of hydrogen-bond acceptors (Lipinski definition) is 3. The van der Waals surface area contributed by atoms with Crippen LogP contribution < -0.4 is 4.74 Å². The van der Waals surface area contributed by atoms with E-state index < -0.39 is 0 Å². The van der Waals surface area contributed by atoms with Crippen LogP contribution in [0.2, 0.25) is 0 Å². The zero-order chi connectivity index (χ0) is 19.8. The number of aliphatic hydroxyl groups is 1. The Bertz CT molecular complexity index is 729. The van der Waals surface area contributed by atoms with Crippen molar-refractivity contribution in [3.8, 4) is 5.75 Å². The van der Waals surface area contributed by atoms with Crippen LogP contribution in [0.5, 0.6) is 5.75 Å². The number of halogens is 1. The fourth-order valence-electron chi connectivity index (χ4n) is 3.11. The second-order valence-electron chi connectivity index (χ2n) is 6.74. The molecule has 4 nitrogen and oxygen atoms in total. The van der Waals surface area contributed by atoms with Gasteiger partial charge < -0.3 is 14.7 Å². The Morgan fingerprint density at radius 2 is 1.85 bits per heavy atom. The van der Waals surface area contributed by atoms with E-state index in [4.69, 9.17) is 4.74 Å². The second kappa shape index (κ2) is 10.1. The highest BCUT2D eigenvalue weighted by atomic mass is 19.1. The molecule has 2 atom stereocenters. The van der Waals surface area contributed by atoms with Gasteiger partial charge in [0.05, 0.1) is 19.8 Å². The van der Waals surface area contributed by atoms with Gasteiger partial charge in [0.2, 0.25) is 5.91 Å². The molecule has 0 spiro atoms. The molecule has 0 unspecified atom stereocenters. The average Bonchev–Trinajstić information content (AvgIpc) is 2.69. The van der Waals surface area contributed by atoms with Gasteiger partial charge >= 0.3 is 0 Å². The minimum Gasteiger partial charge on any atom is -0.497 e. The smallest absolute Gasteiger partial charge is 0.223 e. The van der Waals surface area contributed by atoms with Gasteiger partial charge in [-0.25, -0.2) is 4.39 Å². The summed E-state index contributed by atoms with van der Waals surface area (Å²) in [4.78, 5) is 14.6. The quantitative estimate of drug-likeness (QED) is 0.719. The first-order valence-electron chi connectivity index (χ1n) is 9.27. The molecular weight excluding hydrogens is 345 g/mol. The number of aliphatic hydroxyl groups excluding tert-OH is 1. The summed E-state index contributed by atoms with van der Waals surface area (Å²) in [5.41, 5.74) is 1.49. The van der Waals surface area contributed by atoms with E-state index in [1.807, 2.05) is 38.1 Å². The van der Waals surface area contributed by atoms with Crippen molar-refractivity contribution < 1.29 is 19.0 Å². The molecular formula is C22H28FNO3. The Morgan fingerprint density at radius 1 is 1.19 bits per heavy atom. The molecule has 2 rings (SSSR count). The Hall–Kier alpha value is -2.40. The fraction of sp³-hybridized carbons (Fsp3) is 0.409. The van der Waals surface area contributed by atoms with Crippen molar-refractivity contribution >= 4 is 5.91 Å². The molecule has 0 aliphatic rings. The fourth-order valence-corrected chi connectivity index (χ4v) is 3.11. The number of amides is 1. The van der Waals surface area contributed by atoms with Gasteiger partial charge in [-0.15, -0.1) is 0 Å². The van der Waals surface area contributed by atoms with Crippen LogP contribution in [-0.4, -0.2) is 35.7 Å². The zero-order valence-corrected chi connectivity index (χ0v) is 16.2. The number of rotatable bonds is 9. The van der Waals surface area contributed by atoms with Crippen LogP contribution in [0.1, 0.15) is 43.7 Å². The summed E-state index contributed by atoms with van der Waals surface area (Å²) in [5, 5.41) is 9.70. The predicted octanol–water partition coefficient (Wildman–Crippen LogP) is 4.13. The number of methoxy groups -OCH3 is 1. The van der Waals surface area contributed by atoms with Crippen LogP contribution in [0.3, 0.4) is 0 Å². The second-order valence-corrected chi connectivity index (χ2v) is 6.74. The normalized spacial score (nSPS) is 13.1. The van der Waals surface area contributed by atoms with E-state index in [2.05, 4.69) is 0 Å². The van der Waals surface area contributed by atoms with Gasteiger partial charge in [0.15, 0.2) is 0 Å². The number of hydrogen-bond donors (Lipinski definition) is 1. The molecule has 2 aromatic carbocycles. The number of nitrogens with zero attached hydrogens (tertiary/aromatic N) is 1. The van der Waals surface area contributed by atoms with Gasteiger partial charge in [-0.3, -0.25) is 4.79 Å². The topological polar surface area (TPSA) is 49.8 Å². The molecule has 27 heavy (non-hydrogen) atoms. The lowest BCUT2D eigenvalue weighted by Crippen LogP contribution is -2.42. The van der Waals surface area contributed by atoms with Crippen molar-refractivity contribution in [2.75, 3.05) is 13.7 Å². The van der Waals surface area contributed by atoms with Crippen LogP contribution in [0.15, 0.2) is 48.5 Å². The van der Waals surface area contributed by atoms with Gasteiger partial charge in [0, 0.05) is 18.5 Å². The number of carbonyl (C=O) groups excluding carboxylic acids is 1. The van der Waals surface area contributed by atoms with Crippen LogP contribution in [0, 0.1) is 5.82 Å². The molecule has 1 amide bonds. The lowest BCUT2D eigenvalue weighted by molar-refractivity contribution is -0.135. The Balaban J connectivity index is 2.15. The Morgan fingerprint density at radius 3 is 2.41 bits per heavy atom. The summed E-state index contributed by atoms with van der Waals surface area (Å²) in [6.07, 6.45) is 0.894. The van der Waals surface area contributed by atoms with E-state index in [9.17, 15) is 14.3 Å². The summed E-state index contributed by atoms with van der Waals surface area (Å²) < 4.78 is 19.2. The van der Waals surface area contributed by atoms with Crippen LogP contribution >= 0.6 is 0 Å². The van der Waals surface area contributed by atoms with Crippen molar-refractivity contribution in [3.63, 3.8) is 0 Å². The minimum atomic E-state index is -0.341. The molecule has 0 radical (unpaired) electrons. The molecule has 0 aliphatic carbocycles. The molecule has 146 valence electrons. The highest BCUT2D eigenvalue weighted by molar-refractivity contribution is 5.77. The number of ether oxygens (including phenoxy) is 1. The van der Waals surface area contributed by atoms with Crippen LogP contribution in [0.25, 0.3) is 0 Å². The summed E-state index contributed by atoms with van der Waals surface area (Å²) in [7, 11) is 1.61. The van der Waals surface area contributed by atoms with Crippen molar-refractivity contribution in [2.45, 2.75) is 45.2 Å². The lowest BCUT2D eigenvalue weighted by atomic mass is 9.96. The summed E-state index contributed by atoms with van der Waals surface area (Å²) >= 11 is 0. The SMILES string of the molecule is CC[C@H](CO)N(Cc1ccccc1F)C(=O)C[C@H](C)c1ccc(OC)cc1. The standard InChI is InChI=1S/C22H28FNO3/c1-4-19(15-25)24(14-18-7-5-6-8-21(18)23)22(26)13-16(2)17-9-11-20(27-3)12-10-17/h5-12,16,19,25H,4,13-15H2,1-3H3/t16-,19+/m0/s1. The summed E-state index contributed by atoms with van der Waals surface area (Å²) in [5.74, 6) is 0.335. The molecule has 5 heteroatoms. The van der Waals surface area contributed by atoms with Gasteiger partial charge in [0.1, 0.15) is 11.6 Å². The van der Waals surface area contributed by atoms with E-state index in [0.29, 0.717) is 12.0 Å².